The second kappa shape index (κ2) is 6.91. The van der Waals surface area contributed by atoms with Crippen molar-refractivity contribution in [3.63, 3.8) is 0 Å². The Bertz CT molecular complexity index is 498. The molecule has 0 saturated heterocycles. The molecule has 3 nitrogen and oxygen atoms in total. The van der Waals surface area contributed by atoms with Crippen LogP contribution < -0.4 is 5.32 Å². The second-order valence-electron chi connectivity index (χ2n) is 5.46. The number of hydrogen-bond acceptors (Lipinski definition) is 3. The quantitative estimate of drug-likeness (QED) is 0.832. The maximum absolute atomic E-state index is 5.91. The Morgan fingerprint density at radius 2 is 1.85 bits per heavy atom. The molecule has 2 aromatic rings. The van der Waals surface area contributed by atoms with Gasteiger partial charge in [0.05, 0.1) is 6.04 Å². The van der Waals surface area contributed by atoms with Gasteiger partial charge in [-0.05, 0) is 39.1 Å². The fraction of sp³-hybridized carbons (Fsp3) is 0.529. The van der Waals surface area contributed by atoms with Crippen LogP contribution in [0.15, 0.2) is 34.7 Å². The molecule has 1 aromatic carbocycles. The molecule has 0 aliphatic rings. The van der Waals surface area contributed by atoms with Crippen molar-refractivity contribution < 1.29 is 4.42 Å². The van der Waals surface area contributed by atoms with Crippen LogP contribution in [0.25, 0.3) is 11.0 Å². The maximum Gasteiger partial charge on any atom is 0.134 e. The highest BCUT2D eigenvalue weighted by molar-refractivity contribution is 5.77. The number of benzene rings is 1. The number of likely N-dealkylation sites (N-methyl/N-ethyl adjacent to an activating group) is 1. The van der Waals surface area contributed by atoms with E-state index in [2.05, 4.69) is 50.0 Å². The van der Waals surface area contributed by atoms with E-state index in [9.17, 15) is 0 Å². The van der Waals surface area contributed by atoms with Crippen LogP contribution in [0.5, 0.6) is 0 Å². The lowest BCUT2D eigenvalue weighted by molar-refractivity contribution is 0.259. The normalized spacial score (nSPS) is 14.8. The minimum atomic E-state index is 0.230. The summed E-state index contributed by atoms with van der Waals surface area (Å²) in [4.78, 5) is 2.43. The number of fused-ring (bicyclic) bond motifs is 1. The highest BCUT2D eigenvalue weighted by Crippen LogP contribution is 2.23. The summed E-state index contributed by atoms with van der Waals surface area (Å²) < 4.78 is 5.91. The van der Waals surface area contributed by atoms with Crippen LogP contribution in [0.2, 0.25) is 0 Å². The molecule has 0 spiro atoms. The Kier molecular flexibility index (Phi) is 5.21. The first-order valence-electron chi connectivity index (χ1n) is 7.60. The summed E-state index contributed by atoms with van der Waals surface area (Å²) in [7, 11) is 0. The molecule has 0 radical (unpaired) electrons. The number of furan rings is 1. The first-order valence-corrected chi connectivity index (χ1v) is 7.60. The Labute approximate surface area is 122 Å². The molecular weight excluding hydrogens is 248 g/mol. The number of nitrogens with zero attached hydrogens (tertiary/aromatic N) is 1. The maximum atomic E-state index is 5.91. The summed E-state index contributed by atoms with van der Waals surface area (Å²) in [5, 5.41) is 4.79. The Balaban J connectivity index is 1.98. The molecule has 1 aromatic heterocycles. The van der Waals surface area contributed by atoms with Crippen LogP contribution in [-0.2, 0) is 0 Å². The monoisotopic (exact) mass is 274 g/mol. The van der Waals surface area contributed by atoms with E-state index in [4.69, 9.17) is 4.42 Å². The first-order chi connectivity index (χ1) is 9.63. The van der Waals surface area contributed by atoms with Crippen molar-refractivity contribution in [2.45, 2.75) is 39.8 Å². The van der Waals surface area contributed by atoms with Crippen molar-refractivity contribution in [1.29, 1.82) is 0 Å². The highest BCUT2D eigenvalue weighted by Gasteiger charge is 2.15. The molecule has 0 amide bonds. The third-order valence-electron chi connectivity index (χ3n) is 3.83. The standard InChI is InChI=1S/C17H26N2O/c1-5-19(6-2)12-13(3)18-14(4)17-11-15-9-7-8-10-16(15)20-17/h7-11,13-14,18H,5-6,12H2,1-4H3. The van der Waals surface area contributed by atoms with Gasteiger partial charge in [0.15, 0.2) is 0 Å². The first kappa shape index (κ1) is 15.1. The zero-order valence-corrected chi connectivity index (χ0v) is 13.0. The Hall–Kier alpha value is -1.32. The third kappa shape index (κ3) is 3.62. The molecule has 2 unspecified atom stereocenters. The average Bonchev–Trinajstić information content (AvgIpc) is 2.88. The molecule has 0 aliphatic carbocycles. The van der Waals surface area contributed by atoms with Gasteiger partial charge in [-0.25, -0.2) is 0 Å². The smallest absolute Gasteiger partial charge is 0.134 e. The van der Waals surface area contributed by atoms with Gasteiger partial charge in [-0.1, -0.05) is 32.0 Å². The lowest BCUT2D eigenvalue weighted by atomic mass is 10.2. The molecule has 0 aliphatic heterocycles. The molecule has 1 N–H and O–H groups in total. The molecule has 20 heavy (non-hydrogen) atoms. The summed E-state index contributed by atoms with van der Waals surface area (Å²) in [6.07, 6.45) is 0. The van der Waals surface area contributed by atoms with Crippen LogP contribution in [0.4, 0.5) is 0 Å². The van der Waals surface area contributed by atoms with Crippen molar-refractivity contribution in [2.24, 2.45) is 0 Å². The van der Waals surface area contributed by atoms with E-state index >= 15 is 0 Å². The van der Waals surface area contributed by atoms with E-state index in [-0.39, 0.29) is 6.04 Å². The van der Waals surface area contributed by atoms with Gasteiger partial charge in [-0.2, -0.15) is 0 Å². The van der Waals surface area contributed by atoms with E-state index in [1.165, 1.54) is 5.39 Å². The predicted octanol–water partition coefficient (Wildman–Crippen LogP) is 3.81. The number of hydrogen-bond donors (Lipinski definition) is 1. The van der Waals surface area contributed by atoms with Gasteiger partial charge in [0, 0.05) is 18.0 Å². The molecule has 2 atom stereocenters. The van der Waals surface area contributed by atoms with Crippen LogP contribution in [-0.4, -0.2) is 30.6 Å². The molecular formula is C17H26N2O. The SMILES string of the molecule is CCN(CC)CC(C)NC(C)c1cc2ccccc2o1. The van der Waals surface area contributed by atoms with Gasteiger partial charge < -0.3 is 14.6 Å². The van der Waals surface area contributed by atoms with Crippen LogP contribution >= 0.6 is 0 Å². The van der Waals surface area contributed by atoms with Gasteiger partial charge in [-0.15, -0.1) is 0 Å². The Morgan fingerprint density at radius 3 is 2.50 bits per heavy atom. The van der Waals surface area contributed by atoms with E-state index in [1.54, 1.807) is 0 Å². The molecule has 0 saturated carbocycles. The van der Waals surface area contributed by atoms with Crippen molar-refractivity contribution >= 4 is 11.0 Å². The van der Waals surface area contributed by atoms with E-state index in [1.807, 2.05) is 18.2 Å². The average molecular weight is 274 g/mol. The fourth-order valence-electron chi connectivity index (χ4n) is 2.65. The zero-order chi connectivity index (χ0) is 14.5. The van der Waals surface area contributed by atoms with Crippen LogP contribution in [0, 0.1) is 0 Å². The number of rotatable bonds is 7. The summed E-state index contributed by atoms with van der Waals surface area (Å²) in [6, 6.07) is 11.0. The van der Waals surface area contributed by atoms with Crippen molar-refractivity contribution in [2.75, 3.05) is 19.6 Å². The van der Waals surface area contributed by atoms with Gasteiger partial charge in [-0.3, -0.25) is 0 Å². The predicted molar refractivity (Wildman–Crippen MR) is 85.0 cm³/mol. The third-order valence-corrected chi connectivity index (χ3v) is 3.83. The molecule has 1 heterocycles. The van der Waals surface area contributed by atoms with Gasteiger partial charge in [0.1, 0.15) is 11.3 Å². The number of para-hydroxylation sites is 1. The lowest BCUT2D eigenvalue weighted by Crippen LogP contribution is -2.40. The van der Waals surface area contributed by atoms with Crippen LogP contribution in [0.3, 0.4) is 0 Å². The summed E-state index contributed by atoms with van der Waals surface area (Å²) in [5.41, 5.74) is 0.965. The van der Waals surface area contributed by atoms with Gasteiger partial charge >= 0.3 is 0 Å². The lowest BCUT2D eigenvalue weighted by Gasteiger charge is -2.25. The van der Waals surface area contributed by atoms with Gasteiger partial charge in [0.25, 0.3) is 0 Å². The van der Waals surface area contributed by atoms with E-state index < -0.39 is 0 Å². The minimum absolute atomic E-state index is 0.230. The van der Waals surface area contributed by atoms with E-state index in [0.29, 0.717) is 6.04 Å². The van der Waals surface area contributed by atoms with Crippen molar-refractivity contribution in [3.05, 3.63) is 36.1 Å². The summed E-state index contributed by atoms with van der Waals surface area (Å²) in [6.45, 7) is 12.1. The summed E-state index contributed by atoms with van der Waals surface area (Å²) >= 11 is 0. The molecule has 3 heteroatoms. The summed E-state index contributed by atoms with van der Waals surface area (Å²) in [5.74, 6) is 1.01. The van der Waals surface area contributed by atoms with Crippen molar-refractivity contribution in [3.8, 4) is 0 Å². The van der Waals surface area contributed by atoms with Crippen molar-refractivity contribution in [1.82, 2.24) is 10.2 Å². The van der Waals surface area contributed by atoms with E-state index in [0.717, 1.165) is 31.0 Å². The molecule has 2 rings (SSSR count). The molecule has 110 valence electrons. The minimum Gasteiger partial charge on any atom is -0.459 e. The fourth-order valence-corrected chi connectivity index (χ4v) is 2.65. The number of nitrogens with one attached hydrogen (secondary N) is 1. The Morgan fingerprint density at radius 1 is 1.15 bits per heavy atom. The molecule has 0 bridgehead atoms. The second-order valence-corrected chi connectivity index (χ2v) is 5.46. The molecule has 0 fully saturated rings. The highest BCUT2D eigenvalue weighted by atomic mass is 16.3. The van der Waals surface area contributed by atoms with Gasteiger partial charge in [0.2, 0.25) is 0 Å². The largest absolute Gasteiger partial charge is 0.459 e. The van der Waals surface area contributed by atoms with Crippen LogP contribution in [0.1, 0.15) is 39.5 Å². The topological polar surface area (TPSA) is 28.4 Å². The zero-order valence-electron chi connectivity index (χ0n) is 13.0.